The smallest absolute Gasteiger partial charge is 0.283 e. The van der Waals surface area contributed by atoms with Crippen molar-refractivity contribution >= 4 is 29.0 Å². The minimum absolute atomic E-state index is 0.129. The molecule has 0 saturated carbocycles. The normalized spacial score (nSPS) is 10.3. The molecule has 7 heteroatoms. The molecule has 0 fully saturated rings. The highest BCUT2D eigenvalue weighted by molar-refractivity contribution is 7.98. The Bertz CT molecular complexity index is 750. The number of hydrogen-bond donors (Lipinski definition) is 1. The van der Waals surface area contributed by atoms with Gasteiger partial charge in [0.2, 0.25) is 0 Å². The van der Waals surface area contributed by atoms with Crippen LogP contribution in [-0.4, -0.2) is 17.1 Å². The number of thioether (sulfide) groups is 1. The van der Waals surface area contributed by atoms with Crippen LogP contribution < -0.4 is 5.32 Å². The molecule has 5 nitrogen and oxygen atoms in total. The summed E-state index contributed by atoms with van der Waals surface area (Å²) in [4.78, 5) is 23.1. The summed E-state index contributed by atoms with van der Waals surface area (Å²) in [6, 6.07) is 8.56. The third kappa shape index (κ3) is 3.43. The van der Waals surface area contributed by atoms with Crippen molar-refractivity contribution < 1.29 is 14.1 Å². The molecule has 0 unspecified atom stereocenters. The zero-order valence-electron chi connectivity index (χ0n) is 11.9. The Hall–Kier alpha value is -2.41. The Morgan fingerprint density at radius 2 is 2.00 bits per heavy atom. The van der Waals surface area contributed by atoms with Crippen molar-refractivity contribution in [3.63, 3.8) is 0 Å². The van der Waals surface area contributed by atoms with Crippen molar-refractivity contribution in [1.29, 1.82) is 0 Å². The van der Waals surface area contributed by atoms with Crippen LogP contribution in [0, 0.1) is 22.9 Å². The van der Waals surface area contributed by atoms with E-state index in [1.807, 2.05) is 0 Å². The number of benzene rings is 2. The summed E-state index contributed by atoms with van der Waals surface area (Å²) in [7, 11) is 0. The third-order valence-corrected chi connectivity index (χ3v) is 3.85. The van der Waals surface area contributed by atoms with E-state index in [0.29, 0.717) is 16.1 Å². The first-order valence-corrected chi connectivity index (χ1v) is 7.55. The van der Waals surface area contributed by atoms with Gasteiger partial charge in [0.15, 0.2) is 0 Å². The highest BCUT2D eigenvalue weighted by Crippen LogP contribution is 2.28. The number of nitrogens with zero attached hydrogens (tertiary/aromatic N) is 1. The minimum Gasteiger partial charge on any atom is -0.322 e. The number of hydrogen-bond acceptors (Lipinski definition) is 4. The van der Waals surface area contributed by atoms with Gasteiger partial charge < -0.3 is 5.32 Å². The summed E-state index contributed by atoms with van der Waals surface area (Å²) in [6.45, 7) is 1.62. The Labute approximate surface area is 130 Å². The second-order valence-corrected chi connectivity index (χ2v) is 5.41. The Morgan fingerprint density at radius 3 is 2.59 bits per heavy atom. The first kappa shape index (κ1) is 16.0. The van der Waals surface area contributed by atoms with Gasteiger partial charge in [-0.2, -0.15) is 0 Å². The van der Waals surface area contributed by atoms with Crippen LogP contribution in [0.5, 0.6) is 0 Å². The van der Waals surface area contributed by atoms with Gasteiger partial charge in [0.1, 0.15) is 5.82 Å². The Kier molecular flexibility index (Phi) is 4.77. The largest absolute Gasteiger partial charge is 0.322 e. The maximum Gasteiger partial charge on any atom is 0.283 e. The molecule has 0 aliphatic rings. The molecule has 2 rings (SSSR count). The minimum atomic E-state index is -0.534. The van der Waals surface area contributed by atoms with E-state index in [2.05, 4.69) is 5.32 Å². The number of amides is 1. The van der Waals surface area contributed by atoms with E-state index in [1.165, 1.54) is 36.0 Å². The molecule has 2 aromatic rings. The number of halogens is 1. The van der Waals surface area contributed by atoms with E-state index in [1.54, 1.807) is 25.3 Å². The first-order chi connectivity index (χ1) is 10.4. The Morgan fingerprint density at radius 1 is 1.27 bits per heavy atom. The zero-order chi connectivity index (χ0) is 16.3. The van der Waals surface area contributed by atoms with E-state index in [9.17, 15) is 19.3 Å². The summed E-state index contributed by atoms with van der Waals surface area (Å²) in [6.07, 6.45) is 1.72. The quantitative estimate of drug-likeness (QED) is 0.525. The average Bonchev–Trinajstić information content (AvgIpc) is 2.50. The predicted octanol–water partition coefficient (Wildman–Crippen LogP) is 4.02. The van der Waals surface area contributed by atoms with Crippen molar-refractivity contribution in [1.82, 2.24) is 0 Å². The van der Waals surface area contributed by atoms with Gasteiger partial charge in [-0.15, -0.1) is 11.8 Å². The fourth-order valence-electron chi connectivity index (χ4n) is 1.85. The molecular formula is C15H13FN2O3S. The molecule has 0 saturated heterocycles. The van der Waals surface area contributed by atoms with Gasteiger partial charge in [0.25, 0.3) is 11.6 Å². The number of rotatable bonds is 4. The highest BCUT2D eigenvalue weighted by atomic mass is 32.2. The molecule has 0 aliphatic carbocycles. The second-order valence-electron chi connectivity index (χ2n) is 4.56. The number of nitro groups is 1. The molecule has 1 amide bonds. The van der Waals surface area contributed by atoms with Crippen molar-refractivity contribution in [3.8, 4) is 0 Å². The molecule has 0 spiro atoms. The van der Waals surface area contributed by atoms with Gasteiger partial charge in [-0.05, 0) is 43.0 Å². The summed E-state index contributed by atoms with van der Waals surface area (Å²) in [5.41, 5.74) is 0.781. The molecule has 0 atom stereocenters. The summed E-state index contributed by atoms with van der Waals surface area (Å²) in [5.74, 6) is -0.958. The van der Waals surface area contributed by atoms with E-state index >= 15 is 0 Å². The molecule has 114 valence electrons. The van der Waals surface area contributed by atoms with Gasteiger partial charge in [-0.3, -0.25) is 14.9 Å². The lowest BCUT2D eigenvalue weighted by molar-refractivity contribution is -0.387. The lowest BCUT2D eigenvalue weighted by atomic mass is 10.1. The molecule has 0 aromatic heterocycles. The average molecular weight is 320 g/mol. The number of nitrogens with one attached hydrogen (secondary N) is 1. The van der Waals surface area contributed by atoms with Crippen LogP contribution in [0.2, 0.25) is 0 Å². The van der Waals surface area contributed by atoms with E-state index in [0.717, 1.165) is 0 Å². The van der Waals surface area contributed by atoms with Crippen LogP contribution in [0.3, 0.4) is 0 Å². The SMILES string of the molecule is CSc1ccc(C(=O)Nc2ccc(C)c(F)c2)cc1[N+](=O)[O-]. The van der Waals surface area contributed by atoms with Crippen molar-refractivity contribution in [2.75, 3.05) is 11.6 Å². The zero-order valence-corrected chi connectivity index (χ0v) is 12.7. The van der Waals surface area contributed by atoms with Crippen molar-refractivity contribution in [2.24, 2.45) is 0 Å². The van der Waals surface area contributed by atoms with Crippen LogP contribution in [0.1, 0.15) is 15.9 Å². The fourth-order valence-corrected chi connectivity index (χ4v) is 2.39. The molecule has 0 aliphatic heterocycles. The molecule has 2 aromatic carbocycles. The molecule has 0 radical (unpaired) electrons. The van der Waals surface area contributed by atoms with E-state index in [4.69, 9.17) is 0 Å². The molecule has 22 heavy (non-hydrogen) atoms. The van der Waals surface area contributed by atoms with E-state index < -0.39 is 16.6 Å². The van der Waals surface area contributed by atoms with Crippen molar-refractivity contribution in [2.45, 2.75) is 11.8 Å². The predicted molar refractivity (Wildman–Crippen MR) is 84.0 cm³/mol. The van der Waals surface area contributed by atoms with Crippen LogP contribution in [0.4, 0.5) is 15.8 Å². The van der Waals surface area contributed by atoms with Crippen LogP contribution >= 0.6 is 11.8 Å². The van der Waals surface area contributed by atoms with Gasteiger partial charge in [0.05, 0.1) is 9.82 Å². The number of nitro benzene ring substituents is 1. The summed E-state index contributed by atoms with van der Waals surface area (Å²) >= 11 is 1.23. The maximum absolute atomic E-state index is 13.5. The van der Waals surface area contributed by atoms with Gasteiger partial charge in [0, 0.05) is 17.3 Å². The van der Waals surface area contributed by atoms with Gasteiger partial charge >= 0.3 is 0 Å². The number of carbonyl (C=O) groups excluding carboxylic acids is 1. The van der Waals surface area contributed by atoms with E-state index in [-0.39, 0.29) is 11.3 Å². The van der Waals surface area contributed by atoms with Crippen LogP contribution in [0.25, 0.3) is 0 Å². The summed E-state index contributed by atoms with van der Waals surface area (Å²) < 4.78 is 13.5. The third-order valence-electron chi connectivity index (χ3n) is 3.07. The highest BCUT2D eigenvalue weighted by Gasteiger charge is 2.17. The maximum atomic E-state index is 13.5. The van der Waals surface area contributed by atoms with Gasteiger partial charge in [-0.25, -0.2) is 4.39 Å². The monoisotopic (exact) mass is 320 g/mol. The lowest BCUT2D eigenvalue weighted by Gasteiger charge is -2.07. The number of carbonyl (C=O) groups is 1. The van der Waals surface area contributed by atoms with Crippen molar-refractivity contribution in [3.05, 3.63) is 63.5 Å². The number of aryl methyl sites for hydroxylation is 1. The lowest BCUT2D eigenvalue weighted by Crippen LogP contribution is -2.12. The fraction of sp³-hybridized carbons (Fsp3) is 0.133. The standard InChI is InChI=1S/C15H13FN2O3S/c1-9-3-5-11(8-12(9)16)17-15(19)10-4-6-14(22-2)13(7-10)18(20)21/h3-8H,1-2H3,(H,17,19). The molecule has 0 heterocycles. The summed E-state index contributed by atoms with van der Waals surface area (Å²) in [5, 5.41) is 13.5. The van der Waals surface area contributed by atoms with Crippen LogP contribution in [0.15, 0.2) is 41.3 Å². The Balaban J connectivity index is 2.27. The molecular weight excluding hydrogens is 307 g/mol. The molecule has 1 N–H and O–H groups in total. The first-order valence-electron chi connectivity index (χ1n) is 6.32. The van der Waals surface area contributed by atoms with Gasteiger partial charge in [-0.1, -0.05) is 6.07 Å². The number of anilines is 1. The second kappa shape index (κ2) is 6.57. The topological polar surface area (TPSA) is 72.2 Å². The molecule has 0 bridgehead atoms. The van der Waals surface area contributed by atoms with Crippen LogP contribution in [-0.2, 0) is 0 Å².